The number of carbonyl (C=O) groups excluding carboxylic acids is 2. The summed E-state index contributed by atoms with van der Waals surface area (Å²) in [7, 11) is 0. The maximum atomic E-state index is 12.4. The molecule has 12 heteroatoms. The zero-order chi connectivity index (χ0) is 23.6. The molecule has 0 atom stereocenters. The van der Waals surface area contributed by atoms with E-state index in [-0.39, 0.29) is 17.4 Å². The molecular formula is C21H16F3N5O3S. The minimum absolute atomic E-state index is 0.224. The van der Waals surface area contributed by atoms with E-state index in [1.54, 1.807) is 34.5 Å². The topological polar surface area (TPSA) is 109 Å². The van der Waals surface area contributed by atoms with Crippen LogP contribution < -0.4 is 15.4 Å². The van der Waals surface area contributed by atoms with Crippen molar-refractivity contribution in [3.63, 3.8) is 0 Å². The summed E-state index contributed by atoms with van der Waals surface area (Å²) >= 11 is 1.09. The molecule has 0 spiro atoms. The predicted octanol–water partition coefficient (Wildman–Crippen LogP) is 3.89. The van der Waals surface area contributed by atoms with Gasteiger partial charge in [0.05, 0.1) is 23.9 Å². The number of thiazole rings is 1. The number of amides is 2. The highest BCUT2D eigenvalue weighted by Gasteiger charge is 2.45. The first-order chi connectivity index (χ1) is 15.7. The molecule has 2 N–H and O–H groups in total. The Morgan fingerprint density at radius 1 is 1.30 bits per heavy atom. The van der Waals surface area contributed by atoms with Gasteiger partial charge in [-0.1, -0.05) is 12.1 Å². The zero-order valence-corrected chi connectivity index (χ0v) is 17.7. The highest BCUT2D eigenvalue weighted by Crippen LogP contribution is 2.42. The first-order valence-electron chi connectivity index (χ1n) is 9.67. The number of nitrogens with one attached hydrogen (secondary N) is 2. The van der Waals surface area contributed by atoms with Gasteiger partial charge in [-0.05, 0) is 31.0 Å². The van der Waals surface area contributed by atoms with Crippen LogP contribution in [0.3, 0.4) is 0 Å². The number of hydrogen-bond acceptors (Lipinski definition) is 6. The van der Waals surface area contributed by atoms with Gasteiger partial charge in [0.1, 0.15) is 11.3 Å². The number of aromatic nitrogens is 2. The van der Waals surface area contributed by atoms with Crippen LogP contribution in [0.15, 0.2) is 48.1 Å². The molecule has 1 aliphatic carbocycles. The monoisotopic (exact) mass is 475 g/mol. The molecule has 0 saturated heterocycles. The number of carbonyl (C=O) groups is 2. The van der Waals surface area contributed by atoms with Crippen LogP contribution in [0.25, 0.3) is 11.3 Å². The Balaban J connectivity index is 1.32. The molecule has 1 fully saturated rings. The number of hydrogen-bond donors (Lipinski definition) is 2. The Morgan fingerprint density at radius 3 is 2.79 bits per heavy atom. The highest BCUT2D eigenvalue weighted by molar-refractivity contribution is 7.14. The predicted molar refractivity (Wildman–Crippen MR) is 112 cm³/mol. The Kier molecular flexibility index (Phi) is 5.82. The van der Waals surface area contributed by atoms with Gasteiger partial charge in [-0.25, -0.2) is 4.98 Å². The van der Waals surface area contributed by atoms with Crippen molar-refractivity contribution < 1.29 is 27.5 Å². The Labute approximate surface area is 189 Å². The number of ether oxygens (including phenoxy) is 1. The van der Waals surface area contributed by atoms with Crippen molar-refractivity contribution in [2.24, 2.45) is 0 Å². The van der Waals surface area contributed by atoms with Gasteiger partial charge < -0.3 is 19.9 Å². The van der Waals surface area contributed by atoms with Gasteiger partial charge in [0.2, 0.25) is 5.91 Å². The minimum atomic E-state index is -4.80. The number of rotatable bonds is 7. The molecule has 170 valence electrons. The molecule has 3 aromatic rings. The van der Waals surface area contributed by atoms with E-state index in [9.17, 15) is 28.0 Å². The molecule has 2 aromatic heterocycles. The quantitative estimate of drug-likeness (QED) is 0.539. The van der Waals surface area contributed by atoms with Crippen molar-refractivity contribution in [3.8, 4) is 23.1 Å². The fraction of sp³-hybridized carbons (Fsp3) is 0.238. The number of anilines is 1. The lowest BCUT2D eigenvalue weighted by molar-refractivity contribution is -0.274. The van der Waals surface area contributed by atoms with Crippen LogP contribution in [0.4, 0.5) is 18.3 Å². The van der Waals surface area contributed by atoms with Gasteiger partial charge in [-0.2, -0.15) is 5.26 Å². The second-order valence-electron chi connectivity index (χ2n) is 7.30. The Bertz CT molecular complexity index is 1240. The molecule has 0 radical (unpaired) electrons. The van der Waals surface area contributed by atoms with Crippen LogP contribution in [-0.2, 0) is 10.3 Å². The molecule has 2 amide bonds. The summed E-state index contributed by atoms with van der Waals surface area (Å²) in [6.45, 7) is -0.308. The first kappa shape index (κ1) is 22.3. The Hall–Kier alpha value is -3.85. The van der Waals surface area contributed by atoms with Crippen molar-refractivity contribution in [1.82, 2.24) is 14.9 Å². The average molecular weight is 475 g/mol. The minimum Gasteiger partial charge on any atom is -0.406 e. The van der Waals surface area contributed by atoms with E-state index in [0.717, 1.165) is 24.2 Å². The van der Waals surface area contributed by atoms with Gasteiger partial charge in [0.25, 0.3) is 5.91 Å². The van der Waals surface area contributed by atoms with E-state index < -0.39 is 23.7 Å². The molecule has 8 nitrogen and oxygen atoms in total. The zero-order valence-electron chi connectivity index (χ0n) is 16.8. The first-order valence-corrected chi connectivity index (χ1v) is 10.5. The molecule has 1 aliphatic rings. The molecule has 0 unspecified atom stereocenters. The van der Waals surface area contributed by atoms with Crippen molar-refractivity contribution in [1.29, 1.82) is 5.26 Å². The summed E-state index contributed by atoms with van der Waals surface area (Å²) in [4.78, 5) is 28.6. The average Bonchev–Trinajstić information content (AvgIpc) is 3.17. The normalized spacial score (nSPS) is 14.2. The SMILES string of the molecule is N#CC1(n2ccc(C(=O)NCC(=O)Nc3nc(-c4cccc(OC(F)(F)F)c4)cs3)c2)CC1. The third-order valence-corrected chi connectivity index (χ3v) is 5.66. The molecule has 33 heavy (non-hydrogen) atoms. The van der Waals surface area contributed by atoms with Crippen LogP contribution in [0, 0.1) is 11.3 Å². The van der Waals surface area contributed by atoms with E-state index in [0.29, 0.717) is 16.8 Å². The van der Waals surface area contributed by atoms with E-state index >= 15 is 0 Å². The van der Waals surface area contributed by atoms with E-state index in [4.69, 9.17) is 0 Å². The summed E-state index contributed by atoms with van der Waals surface area (Å²) < 4.78 is 42.8. The Morgan fingerprint density at radius 2 is 2.09 bits per heavy atom. The smallest absolute Gasteiger partial charge is 0.406 e. The second kappa shape index (κ2) is 8.59. The maximum absolute atomic E-state index is 12.4. The molecule has 1 saturated carbocycles. The fourth-order valence-corrected chi connectivity index (χ4v) is 3.82. The maximum Gasteiger partial charge on any atom is 0.573 e. The summed E-state index contributed by atoms with van der Waals surface area (Å²) in [6, 6.07) is 9.14. The number of alkyl halides is 3. The molecule has 2 heterocycles. The van der Waals surface area contributed by atoms with Crippen LogP contribution >= 0.6 is 11.3 Å². The third kappa shape index (κ3) is 5.32. The molecule has 0 aliphatic heterocycles. The third-order valence-electron chi connectivity index (χ3n) is 4.90. The fourth-order valence-electron chi connectivity index (χ4n) is 3.09. The van der Waals surface area contributed by atoms with Gasteiger partial charge >= 0.3 is 6.36 Å². The summed E-state index contributed by atoms with van der Waals surface area (Å²) in [5.41, 5.74) is 0.510. The van der Waals surface area contributed by atoms with Gasteiger partial charge in [-0.15, -0.1) is 24.5 Å². The second-order valence-corrected chi connectivity index (χ2v) is 8.15. The van der Waals surface area contributed by atoms with Gasteiger partial charge in [-0.3, -0.25) is 9.59 Å². The molecule has 1 aromatic carbocycles. The van der Waals surface area contributed by atoms with E-state index in [1.807, 2.05) is 0 Å². The van der Waals surface area contributed by atoms with Gasteiger partial charge in [0.15, 0.2) is 5.13 Å². The van der Waals surface area contributed by atoms with E-state index in [1.165, 1.54) is 18.2 Å². The standard InChI is InChI=1S/C21H16F3N5O3S/c22-21(23,24)32-15-3-1-2-13(8-15)16-11-33-19(27-16)28-17(30)9-26-18(31)14-4-7-29(10-14)20(12-25)5-6-20/h1-4,7-8,10-11H,5-6,9H2,(H,26,31)(H,27,28,30). The van der Waals surface area contributed by atoms with Crippen LogP contribution in [0.1, 0.15) is 23.2 Å². The van der Waals surface area contributed by atoms with E-state index in [2.05, 4.69) is 26.4 Å². The molecular weight excluding hydrogens is 459 g/mol. The summed E-state index contributed by atoms with van der Waals surface area (Å²) in [5.74, 6) is -1.36. The van der Waals surface area contributed by atoms with Crippen molar-refractivity contribution in [3.05, 3.63) is 53.7 Å². The number of nitrogens with zero attached hydrogens (tertiary/aromatic N) is 3. The lowest BCUT2D eigenvalue weighted by Gasteiger charge is -2.09. The summed E-state index contributed by atoms with van der Waals surface area (Å²) in [6.07, 6.45) is -0.0969. The highest BCUT2D eigenvalue weighted by atomic mass is 32.1. The van der Waals surface area contributed by atoms with Crippen molar-refractivity contribution in [2.75, 3.05) is 11.9 Å². The van der Waals surface area contributed by atoms with Crippen molar-refractivity contribution in [2.45, 2.75) is 24.7 Å². The van der Waals surface area contributed by atoms with Crippen LogP contribution in [-0.4, -0.2) is 34.3 Å². The lowest BCUT2D eigenvalue weighted by Crippen LogP contribution is -2.32. The largest absolute Gasteiger partial charge is 0.573 e. The van der Waals surface area contributed by atoms with Gasteiger partial charge in [0, 0.05) is 23.3 Å². The van der Waals surface area contributed by atoms with Crippen LogP contribution in [0.5, 0.6) is 5.75 Å². The molecule has 4 rings (SSSR count). The molecule has 0 bridgehead atoms. The summed E-state index contributed by atoms with van der Waals surface area (Å²) in [5, 5.41) is 16.1. The number of nitriles is 1. The number of benzene rings is 1. The van der Waals surface area contributed by atoms with Crippen LogP contribution in [0.2, 0.25) is 0 Å². The number of halogens is 3. The lowest BCUT2D eigenvalue weighted by atomic mass is 10.2. The van der Waals surface area contributed by atoms with Crippen molar-refractivity contribution >= 4 is 28.3 Å².